The fourth-order valence-electron chi connectivity index (χ4n) is 4.44. The monoisotopic (exact) mass is 521 g/mol. The molecule has 38 heavy (non-hydrogen) atoms. The summed E-state index contributed by atoms with van der Waals surface area (Å²) in [4.78, 5) is 23.3. The lowest BCUT2D eigenvalue weighted by molar-refractivity contribution is -0.141. The smallest absolute Gasteiger partial charge is 0.408 e. The summed E-state index contributed by atoms with van der Waals surface area (Å²) in [5.74, 6) is -0.707. The van der Waals surface area contributed by atoms with Crippen LogP contribution in [0.1, 0.15) is 51.5 Å². The van der Waals surface area contributed by atoms with Gasteiger partial charge in [0.25, 0.3) is 0 Å². The minimum Gasteiger partial charge on any atom is -0.480 e. The lowest BCUT2D eigenvalue weighted by atomic mass is 10.1. The van der Waals surface area contributed by atoms with Crippen LogP contribution in [0.5, 0.6) is 0 Å². The standard InChI is InChI=1S/C29H35N3O6/c1-29(2,3)37-28(35)30-24(27(33)34)19-36-18-21-17-20(31-38-21)11-5-4-10-16-32-25-14-8-6-12-22(25)23-13-7-9-15-26(23)32/h6-9,12-15,17,24H,4-5,10-11,16,18-19H2,1-3H3,(H,30,35)(H,33,34)/t24-/m0/s1. The van der Waals surface area contributed by atoms with E-state index in [2.05, 4.69) is 63.6 Å². The van der Waals surface area contributed by atoms with Crippen LogP contribution in [0, 0.1) is 0 Å². The number of para-hydroxylation sites is 2. The van der Waals surface area contributed by atoms with E-state index < -0.39 is 23.7 Å². The summed E-state index contributed by atoms with van der Waals surface area (Å²) in [5, 5.41) is 18.3. The summed E-state index contributed by atoms with van der Waals surface area (Å²) in [5.41, 5.74) is 2.64. The van der Waals surface area contributed by atoms with E-state index in [-0.39, 0.29) is 13.2 Å². The number of carboxylic acids is 1. The molecule has 0 saturated heterocycles. The van der Waals surface area contributed by atoms with Crippen molar-refractivity contribution in [3.63, 3.8) is 0 Å². The number of aromatic nitrogens is 2. The van der Waals surface area contributed by atoms with Crippen LogP contribution >= 0.6 is 0 Å². The largest absolute Gasteiger partial charge is 0.480 e. The average Bonchev–Trinajstić information content (AvgIpc) is 3.44. The van der Waals surface area contributed by atoms with Gasteiger partial charge in [-0.1, -0.05) is 48.0 Å². The molecule has 9 heteroatoms. The maximum absolute atomic E-state index is 11.9. The van der Waals surface area contributed by atoms with Crippen LogP contribution in [0.15, 0.2) is 59.1 Å². The van der Waals surface area contributed by atoms with Crippen LogP contribution in [-0.4, -0.2) is 45.1 Å². The highest BCUT2D eigenvalue weighted by molar-refractivity contribution is 6.07. The predicted octanol–water partition coefficient (Wildman–Crippen LogP) is 5.69. The van der Waals surface area contributed by atoms with Crippen molar-refractivity contribution in [2.24, 2.45) is 0 Å². The number of ether oxygens (including phenoxy) is 2. The van der Waals surface area contributed by atoms with Gasteiger partial charge in [0.05, 0.1) is 12.3 Å². The van der Waals surface area contributed by atoms with Crippen LogP contribution in [-0.2, 0) is 33.8 Å². The van der Waals surface area contributed by atoms with Crippen LogP contribution in [0.25, 0.3) is 21.8 Å². The van der Waals surface area contributed by atoms with E-state index in [1.165, 1.54) is 21.8 Å². The van der Waals surface area contributed by atoms with Gasteiger partial charge in [-0.3, -0.25) is 0 Å². The molecular formula is C29H35N3O6. The van der Waals surface area contributed by atoms with Crippen molar-refractivity contribution in [2.45, 2.75) is 71.2 Å². The molecule has 9 nitrogen and oxygen atoms in total. The summed E-state index contributed by atoms with van der Waals surface area (Å²) in [7, 11) is 0. The van der Waals surface area contributed by atoms with Crippen molar-refractivity contribution in [1.82, 2.24) is 15.0 Å². The number of carbonyl (C=O) groups is 2. The second kappa shape index (κ2) is 12.1. The van der Waals surface area contributed by atoms with E-state index in [0.29, 0.717) is 5.76 Å². The second-order valence-corrected chi connectivity index (χ2v) is 10.3. The Balaban J connectivity index is 1.20. The van der Waals surface area contributed by atoms with Gasteiger partial charge in [0.2, 0.25) is 0 Å². The van der Waals surface area contributed by atoms with Gasteiger partial charge in [-0.25, -0.2) is 9.59 Å². The quantitative estimate of drug-likeness (QED) is 0.230. The summed E-state index contributed by atoms with van der Waals surface area (Å²) in [6.07, 6.45) is 3.06. The summed E-state index contributed by atoms with van der Waals surface area (Å²) < 4.78 is 18.3. The van der Waals surface area contributed by atoms with Crippen LogP contribution < -0.4 is 5.32 Å². The van der Waals surface area contributed by atoms with E-state index in [1.54, 1.807) is 20.8 Å². The summed E-state index contributed by atoms with van der Waals surface area (Å²) in [6, 6.07) is 17.7. The number of nitrogens with one attached hydrogen (secondary N) is 1. The zero-order valence-corrected chi connectivity index (χ0v) is 22.1. The maximum Gasteiger partial charge on any atom is 0.408 e. The lowest BCUT2D eigenvalue weighted by Gasteiger charge is -2.21. The van der Waals surface area contributed by atoms with Gasteiger partial charge in [0, 0.05) is 34.4 Å². The van der Waals surface area contributed by atoms with Crippen molar-refractivity contribution in [1.29, 1.82) is 0 Å². The van der Waals surface area contributed by atoms with Crippen molar-refractivity contribution in [2.75, 3.05) is 6.61 Å². The first kappa shape index (κ1) is 27.2. The number of unbranched alkanes of at least 4 members (excludes halogenated alkanes) is 2. The Morgan fingerprint density at radius 3 is 2.32 bits per heavy atom. The van der Waals surface area contributed by atoms with Gasteiger partial charge in [0.1, 0.15) is 12.2 Å². The molecule has 4 aromatic rings. The molecule has 0 fully saturated rings. The molecule has 1 atom stereocenters. The number of amides is 1. The van der Waals surface area contributed by atoms with Gasteiger partial charge < -0.3 is 29.0 Å². The Labute approximate surface area is 221 Å². The summed E-state index contributed by atoms with van der Waals surface area (Å²) in [6.45, 7) is 5.88. The molecule has 202 valence electrons. The number of carboxylic acid groups (broad SMARTS) is 1. The molecule has 0 spiro atoms. The maximum atomic E-state index is 11.9. The molecule has 2 heterocycles. The Kier molecular flexibility index (Phi) is 8.68. The molecule has 0 radical (unpaired) electrons. The molecule has 2 N–H and O–H groups in total. The van der Waals surface area contributed by atoms with Gasteiger partial charge in [0.15, 0.2) is 11.8 Å². The second-order valence-electron chi connectivity index (χ2n) is 10.3. The van der Waals surface area contributed by atoms with E-state index in [4.69, 9.17) is 14.0 Å². The van der Waals surface area contributed by atoms with Gasteiger partial charge >= 0.3 is 12.1 Å². The van der Waals surface area contributed by atoms with Crippen molar-refractivity contribution in [3.8, 4) is 0 Å². The first-order chi connectivity index (χ1) is 18.2. The number of hydrogen-bond donors (Lipinski definition) is 2. The highest BCUT2D eigenvalue weighted by atomic mass is 16.6. The number of benzene rings is 2. The lowest BCUT2D eigenvalue weighted by Crippen LogP contribution is -2.46. The Hall–Kier alpha value is -3.85. The number of nitrogens with zero attached hydrogens (tertiary/aromatic N) is 2. The predicted molar refractivity (Wildman–Crippen MR) is 144 cm³/mol. The number of alkyl carbamates (subject to hydrolysis) is 1. The Morgan fingerprint density at radius 2 is 1.68 bits per heavy atom. The number of aliphatic carboxylic acids is 1. The van der Waals surface area contributed by atoms with Crippen molar-refractivity contribution >= 4 is 33.9 Å². The zero-order valence-electron chi connectivity index (χ0n) is 22.1. The molecule has 0 unspecified atom stereocenters. The first-order valence-corrected chi connectivity index (χ1v) is 12.9. The Morgan fingerprint density at radius 1 is 1.03 bits per heavy atom. The number of carbonyl (C=O) groups excluding carboxylic acids is 1. The minimum absolute atomic E-state index is 0.0561. The molecule has 0 aliphatic heterocycles. The molecule has 0 aliphatic carbocycles. The van der Waals surface area contributed by atoms with E-state index in [9.17, 15) is 14.7 Å². The molecule has 0 bridgehead atoms. The third-order valence-electron chi connectivity index (χ3n) is 6.12. The zero-order chi connectivity index (χ0) is 27.1. The number of hydrogen-bond acceptors (Lipinski definition) is 6. The molecule has 2 aromatic heterocycles. The molecule has 0 aliphatic rings. The number of fused-ring (bicyclic) bond motifs is 3. The van der Waals surface area contributed by atoms with E-state index in [0.717, 1.165) is 37.9 Å². The minimum atomic E-state index is -1.23. The number of aryl methyl sites for hydroxylation is 2. The fourth-order valence-corrected chi connectivity index (χ4v) is 4.44. The third kappa shape index (κ3) is 7.13. The Bertz CT molecular complexity index is 1330. The molecule has 2 aromatic carbocycles. The van der Waals surface area contributed by atoms with Crippen LogP contribution in [0.2, 0.25) is 0 Å². The highest BCUT2D eigenvalue weighted by Gasteiger charge is 2.24. The van der Waals surface area contributed by atoms with Crippen molar-refractivity contribution in [3.05, 3.63) is 66.1 Å². The normalized spacial score (nSPS) is 12.6. The number of rotatable bonds is 12. The molecular weight excluding hydrogens is 486 g/mol. The average molecular weight is 522 g/mol. The first-order valence-electron chi connectivity index (χ1n) is 12.9. The van der Waals surface area contributed by atoms with Crippen molar-refractivity contribution < 1.29 is 28.7 Å². The molecule has 0 saturated carbocycles. The molecule has 4 rings (SSSR count). The van der Waals surface area contributed by atoms with Crippen LogP contribution in [0.4, 0.5) is 4.79 Å². The topological polar surface area (TPSA) is 116 Å². The third-order valence-corrected chi connectivity index (χ3v) is 6.12. The van der Waals surface area contributed by atoms with Gasteiger partial charge in [-0.05, 0) is 52.2 Å². The SMILES string of the molecule is CC(C)(C)OC(=O)N[C@@H](COCc1cc(CCCCCn2c3ccccc3c3ccccc32)no1)C(=O)O. The van der Waals surface area contributed by atoms with Gasteiger partial charge in [-0.2, -0.15) is 0 Å². The molecule has 1 amide bonds. The van der Waals surface area contributed by atoms with E-state index >= 15 is 0 Å². The van der Waals surface area contributed by atoms with Crippen LogP contribution in [0.3, 0.4) is 0 Å². The highest BCUT2D eigenvalue weighted by Crippen LogP contribution is 2.29. The van der Waals surface area contributed by atoms with E-state index in [1.807, 2.05) is 6.07 Å². The van der Waals surface area contributed by atoms with Gasteiger partial charge in [-0.15, -0.1) is 0 Å². The fraction of sp³-hybridized carbons (Fsp3) is 0.414. The summed E-state index contributed by atoms with van der Waals surface area (Å²) >= 11 is 0.